The van der Waals surface area contributed by atoms with Gasteiger partial charge in [-0.05, 0) is 37.8 Å². The summed E-state index contributed by atoms with van der Waals surface area (Å²) in [6.07, 6.45) is 3.88. The number of carbonyl (C=O) groups excluding carboxylic acids is 2. The van der Waals surface area contributed by atoms with Crippen LogP contribution in [0.25, 0.3) is 0 Å². The van der Waals surface area contributed by atoms with Crippen molar-refractivity contribution < 1.29 is 26.8 Å². The minimum Gasteiger partial charge on any atom is -0.340 e. The van der Waals surface area contributed by atoms with Gasteiger partial charge in [-0.25, -0.2) is 17.2 Å². The third-order valence-corrected chi connectivity index (χ3v) is 8.42. The van der Waals surface area contributed by atoms with Crippen LogP contribution in [-0.4, -0.2) is 55.5 Å². The largest absolute Gasteiger partial charge is 0.340 e. The van der Waals surface area contributed by atoms with E-state index in [1.165, 1.54) is 0 Å². The first-order valence-corrected chi connectivity index (χ1v) is 11.5. The molecule has 1 amide bonds. The lowest BCUT2D eigenvalue weighted by Gasteiger charge is -2.40. The first-order valence-electron chi connectivity index (χ1n) is 10.1. The number of benzene rings is 1. The molecule has 0 aromatic heterocycles. The van der Waals surface area contributed by atoms with Crippen molar-refractivity contribution in [2.45, 2.75) is 37.0 Å². The molecule has 2 unspecified atom stereocenters. The van der Waals surface area contributed by atoms with E-state index in [0.29, 0.717) is 18.6 Å². The van der Waals surface area contributed by atoms with Crippen molar-refractivity contribution >= 4 is 21.7 Å². The third kappa shape index (κ3) is 3.70. The summed E-state index contributed by atoms with van der Waals surface area (Å²) in [5, 5.41) is 0. The molecule has 1 saturated heterocycles. The monoisotopic (exact) mass is 426 g/mol. The zero-order valence-electron chi connectivity index (χ0n) is 16.0. The zero-order chi connectivity index (χ0) is 20.8. The van der Waals surface area contributed by atoms with Crippen molar-refractivity contribution in [2.24, 2.45) is 17.8 Å². The Morgan fingerprint density at radius 1 is 0.966 bits per heavy atom. The van der Waals surface area contributed by atoms with Crippen molar-refractivity contribution in [3.05, 3.63) is 29.8 Å². The van der Waals surface area contributed by atoms with Crippen molar-refractivity contribution in [2.75, 3.05) is 26.2 Å². The molecular formula is C20H24F2N2O4S. The Labute approximate surface area is 168 Å². The van der Waals surface area contributed by atoms with Gasteiger partial charge < -0.3 is 4.90 Å². The SMILES string of the molecule is O=C1C2CCCC1CC(C(=O)N1CCN(S(=O)(=O)c3c(F)cccc3F)CC1)C2. The topological polar surface area (TPSA) is 74.8 Å². The molecule has 2 atom stereocenters. The highest BCUT2D eigenvalue weighted by atomic mass is 32.2. The Morgan fingerprint density at radius 2 is 1.52 bits per heavy atom. The molecule has 1 heterocycles. The van der Waals surface area contributed by atoms with E-state index in [4.69, 9.17) is 0 Å². The predicted octanol–water partition coefficient (Wildman–Crippen LogP) is 2.19. The van der Waals surface area contributed by atoms with Crippen LogP contribution >= 0.6 is 0 Å². The lowest BCUT2D eigenvalue weighted by molar-refractivity contribution is -0.144. The number of hydrogen-bond acceptors (Lipinski definition) is 4. The van der Waals surface area contributed by atoms with E-state index in [1.54, 1.807) is 4.90 Å². The molecule has 3 aliphatic rings. The summed E-state index contributed by atoms with van der Waals surface area (Å²) >= 11 is 0. The second kappa shape index (κ2) is 7.75. The third-order valence-electron chi connectivity index (χ3n) is 6.46. The van der Waals surface area contributed by atoms with Crippen molar-refractivity contribution in [1.82, 2.24) is 9.21 Å². The second-order valence-electron chi connectivity index (χ2n) is 8.18. The van der Waals surface area contributed by atoms with Crippen LogP contribution in [0.15, 0.2) is 23.1 Å². The zero-order valence-corrected chi connectivity index (χ0v) is 16.8. The number of hydrogen-bond donors (Lipinski definition) is 0. The highest BCUT2D eigenvalue weighted by Gasteiger charge is 2.43. The number of fused-ring (bicyclic) bond motifs is 2. The number of rotatable bonds is 3. The summed E-state index contributed by atoms with van der Waals surface area (Å²) < 4.78 is 54.3. The lowest BCUT2D eigenvalue weighted by Crippen LogP contribution is -2.53. The van der Waals surface area contributed by atoms with Gasteiger partial charge >= 0.3 is 0 Å². The molecule has 1 aliphatic heterocycles. The van der Waals surface area contributed by atoms with E-state index >= 15 is 0 Å². The number of sulfonamides is 1. The molecule has 0 N–H and O–H groups in total. The number of Topliss-reactive ketones (excluding diaryl/α,β-unsaturated/α-hetero) is 1. The Balaban J connectivity index is 1.42. The average Bonchev–Trinajstić information content (AvgIpc) is 2.67. The molecule has 9 heteroatoms. The van der Waals surface area contributed by atoms with Gasteiger partial charge in [0.1, 0.15) is 17.4 Å². The quantitative estimate of drug-likeness (QED) is 0.743. The van der Waals surface area contributed by atoms with Crippen LogP contribution in [0.5, 0.6) is 0 Å². The number of amides is 1. The summed E-state index contributed by atoms with van der Waals surface area (Å²) in [6, 6.07) is 2.94. The van der Waals surface area contributed by atoms with Crippen molar-refractivity contribution in [1.29, 1.82) is 0 Å². The van der Waals surface area contributed by atoms with Gasteiger partial charge in [0.05, 0.1) is 0 Å². The van der Waals surface area contributed by atoms with E-state index in [9.17, 15) is 26.8 Å². The number of piperazine rings is 1. The Kier molecular flexibility index (Phi) is 5.46. The van der Waals surface area contributed by atoms with Gasteiger partial charge in [-0.15, -0.1) is 0 Å². The summed E-state index contributed by atoms with van der Waals surface area (Å²) in [5.74, 6) is -2.24. The summed E-state index contributed by atoms with van der Waals surface area (Å²) in [6.45, 7) is 0.322. The molecule has 4 rings (SSSR count). The van der Waals surface area contributed by atoms with E-state index < -0.39 is 26.6 Å². The van der Waals surface area contributed by atoms with Crippen LogP contribution in [-0.2, 0) is 19.6 Å². The molecule has 2 saturated carbocycles. The van der Waals surface area contributed by atoms with Crippen LogP contribution in [0.1, 0.15) is 32.1 Å². The normalized spacial score (nSPS) is 28.4. The molecule has 3 fully saturated rings. The molecule has 1 aromatic carbocycles. The molecule has 2 aliphatic carbocycles. The van der Waals surface area contributed by atoms with E-state index in [0.717, 1.165) is 41.8 Å². The predicted molar refractivity (Wildman–Crippen MR) is 100 cm³/mol. The molecule has 0 spiro atoms. The van der Waals surface area contributed by atoms with Gasteiger partial charge in [0.15, 0.2) is 4.90 Å². The van der Waals surface area contributed by atoms with Crippen molar-refractivity contribution in [3.63, 3.8) is 0 Å². The maximum Gasteiger partial charge on any atom is 0.249 e. The number of carbonyl (C=O) groups is 2. The maximum absolute atomic E-state index is 14.0. The van der Waals surface area contributed by atoms with Gasteiger partial charge in [-0.1, -0.05) is 12.5 Å². The maximum atomic E-state index is 14.0. The van der Waals surface area contributed by atoms with Crippen LogP contribution < -0.4 is 0 Å². The van der Waals surface area contributed by atoms with Gasteiger partial charge in [-0.2, -0.15) is 4.31 Å². The van der Waals surface area contributed by atoms with E-state index in [1.807, 2.05) is 0 Å². The Morgan fingerprint density at radius 3 is 2.07 bits per heavy atom. The van der Waals surface area contributed by atoms with Gasteiger partial charge in [0.2, 0.25) is 15.9 Å². The highest BCUT2D eigenvalue weighted by molar-refractivity contribution is 7.89. The summed E-state index contributed by atoms with van der Waals surface area (Å²) in [4.78, 5) is 25.9. The fraction of sp³-hybridized carbons (Fsp3) is 0.600. The average molecular weight is 426 g/mol. The molecular weight excluding hydrogens is 402 g/mol. The Hall–Kier alpha value is -1.87. The molecule has 158 valence electrons. The van der Waals surface area contributed by atoms with Gasteiger partial charge in [0.25, 0.3) is 0 Å². The number of nitrogens with zero attached hydrogens (tertiary/aromatic N) is 2. The molecule has 2 bridgehead atoms. The fourth-order valence-corrected chi connectivity index (χ4v) is 6.48. The van der Waals surface area contributed by atoms with Crippen LogP contribution in [0, 0.1) is 29.4 Å². The minimum atomic E-state index is -4.32. The van der Waals surface area contributed by atoms with E-state index in [-0.39, 0.29) is 49.8 Å². The van der Waals surface area contributed by atoms with Crippen LogP contribution in [0.2, 0.25) is 0 Å². The Bertz CT molecular complexity index is 892. The van der Waals surface area contributed by atoms with E-state index in [2.05, 4.69) is 0 Å². The molecule has 29 heavy (non-hydrogen) atoms. The number of halogens is 2. The van der Waals surface area contributed by atoms with Crippen LogP contribution in [0.3, 0.4) is 0 Å². The lowest BCUT2D eigenvalue weighted by atomic mass is 9.67. The summed E-state index contributed by atoms with van der Waals surface area (Å²) in [7, 11) is -4.32. The first kappa shape index (κ1) is 20.4. The minimum absolute atomic E-state index is 0.0135. The standard InChI is InChI=1S/C20H24F2N2O4S/c21-16-5-2-6-17(22)19(16)29(27,28)24-9-7-23(8-10-24)20(26)15-11-13-3-1-4-14(12-15)18(13)25/h2,5-6,13-15H,1,3-4,7-12H2. The van der Waals surface area contributed by atoms with Crippen molar-refractivity contribution in [3.8, 4) is 0 Å². The highest BCUT2D eigenvalue weighted by Crippen LogP contribution is 2.40. The molecule has 1 aromatic rings. The smallest absolute Gasteiger partial charge is 0.249 e. The summed E-state index contributed by atoms with van der Waals surface area (Å²) in [5.41, 5.74) is 0. The fourth-order valence-electron chi connectivity index (χ4n) is 4.95. The van der Waals surface area contributed by atoms with Gasteiger partial charge in [-0.3, -0.25) is 9.59 Å². The molecule has 6 nitrogen and oxygen atoms in total. The van der Waals surface area contributed by atoms with Gasteiger partial charge in [0, 0.05) is 43.9 Å². The number of ketones is 1. The first-order chi connectivity index (χ1) is 13.8. The van der Waals surface area contributed by atoms with Crippen LogP contribution in [0.4, 0.5) is 8.78 Å². The molecule has 0 radical (unpaired) electrons. The second-order valence-corrected chi connectivity index (χ2v) is 10.1.